The Morgan fingerprint density at radius 3 is 1.67 bits per heavy atom. The van der Waals surface area contributed by atoms with Crippen LogP contribution in [0.3, 0.4) is 0 Å². The second-order valence-electron chi connectivity index (χ2n) is 5.19. The molecule has 2 heterocycles. The Labute approximate surface area is 117 Å². The van der Waals surface area contributed by atoms with Crippen LogP contribution in [0.5, 0.6) is 0 Å². The van der Waals surface area contributed by atoms with Gasteiger partial charge >= 0.3 is 0 Å². The van der Waals surface area contributed by atoms with E-state index in [2.05, 4.69) is 38.1 Å². The number of ether oxygens (including phenoxy) is 2. The molecule has 0 radical (unpaired) electrons. The summed E-state index contributed by atoms with van der Waals surface area (Å²) in [5.41, 5.74) is 2.50. The normalized spacial score (nSPS) is 33.4. The Kier molecular flexibility index (Phi) is 3.39. The molecule has 2 aliphatic rings. The van der Waals surface area contributed by atoms with Crippen LogP contribution in [0.4, 0.5) is 0 Å². The van der Waals surface area contributed by atoms with Gasteiger partial charge in [-0.15, -0.1) is 23.5 Å². The van der Waals surface area contributed by atoms with Crippen molar-refractivity contribution in [1.29, 1.82) is 0 Å². The Balaban J connectivity index is 1.61. The minimum atomic E-state index is 0.0618. The molecular weight excluding hydrogens is 264 g/mol. The zero-order chi connectivity index (χ0) is 12.6. The lowest BCUT2D eigenvalue weighted by Crippen LogP contribution is -2.12. The molecule has 1 aromatic rings. The van der Waals surface area contributed by atoms with Gasteiger partial charge in [0.2, 0.25) is 0 Å². The van der Waals surface area contributed by atoms with Crippen LogP contribution < -0.4 is 0 Å². The van der Waals surface area contributed by atoms with Crippen LogP contribution in [-0.2, 0) is 22.7 Å². The molecule has 0 spiro atoms. The lowest BCUT2D eigenvalue weighted by molar-refractivity contribution is 0.0507. The first-order valence-electron chi connectivity index (χ1n) is 6.21. The molecule has 0 aliphatic carbocycles. The van der Waals surface area contributed by atoms with Crippen LogP contribution in [0.1, 0.15) is 25.0 Å². The second-order valence-corrected chi connectivity index (χ2v) is 8.07. The third-order valence-electron chi connectivity index (χ3n) is 3.29. The van der Waals surface area contributed by atoms with E-state index >= 15 is 0 Å². The first-order chi connectivity index (χ1) is 8.59. The van der Waals surface area contributed by atoms with Gasteiger partial charge in [0.1, 0.15) is 9.87 Å². The predicted molar refractivity (Wildman–Crippen MR) is 77.7 cm³/mol. The van der Waals surface area contributed by atoms with Crippen molar-refractivity contribution in [3.8, 4) is 0 Å². The molecule has 3 rings (SSSR count). The summed E-state index contributed by atoms with van der Waals surface area (Å²) in [6.07, 6.45) is 0. The molecule has 2 saturated heterocycles. The summed E-state index contributed by atoms with van der Waals surface area (Å²) in [4.78, 5) is 0.124. The highest BCUT2D eigenvalue weighted by Crippen LogP contribution is 2.46. The zero-order valence-electron chi connectivity index (χ0n) is 10.8. The van der Waals surface area contributed by atoms with E-state index in [-0.39, 0.29) is 9.87 Å². The first-order valence-corrected chi connectivity index (χ1v) is 8.18. The fraction of sp³-hybridized carbons (Fsp3) is 0.571. The number of hydrogen-bond donors (Lipinski definition) is 0. The van der Waals surface area contributed by atoms with Crippen LogP contribution in [0.25, 0.3) is 0 Å². The van der Waals surface area contributed by atoms with E-state index in [4.69, 9.17) is 9.47 Å². The van der Waals surface area contributed by atoms with Gasteiger partial charge in [-0.1, -0.05) is 24.3 Å². The molecule has 98 valence electrons. The summed E-state index contributed by atoms with van der Waals surface area (Å²) < 4.78 is 11.8. The maximum Gasteiger partial charge on any atom is 0.120 e. The van der Waals surface area contributed by atoms with Crippen molar-refractivity contribution >= 4 is 23.5 Å². The van der Waals surface area contributed by atoms with E-state index in [0.717, 1.165) is 11.5 Å². The predicted octanol–water partition coefficient (Wildman–Crippen LogP) is 3.65. The van der Waals surface area contributed by atoms with E-state index in [0.29, 0.717) is 13.2 Å². The molecule has 2 aliphatic heterocycles. The minimum Gasteiger partial charge on any atom is -0.359 e. The van der Waals surface area contributed by atoms with Gasteiger partial charge in [0.05, 0.1) is 13.2 Å². The number of benzene rings is 1. The second kappa shape index (κ2) is 4.75. The molecule has 0 N–H and O–H groups in total. The lowest BCUT2D eigenvalue weighted by atomic mass is 10.1. The van der Waals surface area contributed by atoms with Gasteiger partial charge in [0.15, 0.2) is 0 Å². The topological polar surface area (TPSA) is 18.5 Å². The van der Waals surface area contributed by atoms with Gasteiger partial charge in [-0.05, 0) is 25.0 Å². The standard InChI is InChI=1S/C14H18O2S2/c1-13(9-17-13)15-7-11-5-3-4-6-12(11)8-16-14(2)10-18-14/h3-6H,7-10H2,1-2H3. The minimum absolute atomic E-state index is 0.0618. The fourth-order valence-corrected chi connectivity index (χ4v) is 2.53. The van der Waals surface area contributed by atoms with Crippen molar-refractivity contribution in [3.63, 3.8) is 0 Å². The van der Waals surface area contributed by atoms with Crippen molar-refractivity contribution in [2.24, 2.45) is 0 Å². The molecule has 2 unspecified atom stereocenters. The molecule has 0 saturated carbocycles. The van der Waals surface area contributed by atoms with Crippen LogP contribution >= 0.6 is 23.5 Å². The van der Waals surface area contributed by atoms with E-state index in [1.165, 1.54) is 11.1 Å². The molecule has 4 heteroatoms. The average Bonchev–Trinajstić information content (AvgIpc) is 3.27. The zero-order valence-corrected chi connectivity index (χ0v) is 12.4. The molecule has 2 nitrogen and oxygen atoms in total. The smallest absolute Gasteiger partial charge is 0.120 e. The third kappa shape index (κ3) is 3.23. The first kappa shape index (κ1) is 12.9. The summed E-state index contributed by atoms with van der Waals surface area (Å²) in [6, 6.07) is 8.41. The van der Waals surface area contributed by atoms with Gasteiger partial charge in [-0.2, -0.15) is 0 Å². The fourth-order valence-electron chi connectivity index (χ4n) is 1.67. The number of rotatable bonds is 6. The van der Waals surface area contributed by atoms with Crippen molar-refractivity contribution < 1.29 is 9.47 Å². The van der Waals surface area contributed by atoms with Crippen molar-refractivity contribution in [2.45, 2.75) is 36.9 Å². The summed E-state index contributed by atoms with van der Waals surface area (Å²) in [6.45, 7) is 5.68. The van der Waals surface area contributed by atoms with Gasteiger partial charge < -0.3 is 9.47 Å². The van der Waals surface area contributed by atoms with E-state index in [1.54, 1.807) is 0 Å². The number of hydrogen-bond acceptors (Lipinski definition) is 4. The van der Waals surface area contributed by atoms with E-state index < -0.39 is 0 Å². The van der Waals surface area contributed by atoms with Gasteiger partial charge in [-0.3, -0.25) is 0 Å². The average molecular weight is 282 g/mol. The SMILES string of the molecule is CC1(OCc2ccccc2COC2(C)CS2)CS1. The van der Waals surface area contributed by atoms with Crippen molar-refractivity contribution in [1.82, 2.24) is 0 Å². The van der Waals surface area contributed by atoms with Gasteiger partial charge in [0, 0.05) is 11.5 Å². The van der Waals surface area contributed by atoms with Crippen molar-refractivity contribution in [3.05, 3.63) is 35.4 Å². The monoisotopic (exact) mass is 282 g/mol. The quantitative estimate of drug-likeness (QED) is 0.741. The molecule has 1 aromatic carbocycles. The summed E-state index contributed by atoms with van der Waals surface area (Å²) in [7, 11) is 0. The van der Waals surface area contributed by atoms with E-state index in [1.807, 2.05) is 23.5 Å². The Bertz CT molecular complexity index is 398. The van der Waals surface area contributed by atoms with Crippen LogP contribution in [0, 0.1) is 0 Å². The highest BCUT2D eigenvalue weighted by Gasteiger charge is 2.41. The third-order valence-corrected chi connectivity index (χ3v) is 5.73. The molecule has 0 bridgehead atoms. The van der Waals surface area contributed by atoms with E-state index in [9.17, 15) is 0 Å². The molecule has 2 fully saturated rings. The Morgan fingerprint density at radius 2 is 1.33 bits per heavy atom. The number of thioether (sulfide) groups is 2. The molecule has 0 aromatic heterocycles. The highest BCUT2D eigenvalue weighted by atomic mass is 32.2. The Hall–Kier alpha value is -0.160. The summed E-state index contributed by atoms with van der Waals surface area (Å²) in [5.74, 6) is 2.22. The Morgan fingerprint density at radius 1 is 0.944 bits per heavy atom. The molecule has 18 heavy (non-hydrogen) atoms. The van der Waals surface area contributed by atoms with Crippen LogP contribution in [-0.4, -0.2) is 21.4 Å². The molecule has 2 atom stereocenters. The maximum atomic E-state index is 5.92. The van der Waals surface area contributed by atoms with Crippen LogP contribution in [0.15, 0.2) is 24.3 Å². The largest absolute Gasteiger partial charge is 0.359 e. The summed E-state index contributed by atoms with van der Waals surface area (Å²) >= 11 is 3.73. The van der Waals surface area contributed by atoms with Crippen LogP contribution in [0.2, 0.25) is 0 Å². The van der Waals surface area contributed by atoms with Gasteiger partial charge in [-0.25, -0.2) is 0 Å². The maximum absolute atomic E-state index is 5.92. The molecular formula is C14H18O2S2. The van der Waals surface area contributed by atoms with Gasteiger partial charge in [0.25, 0.3) is 0 Å². The lowest BCUT2D eigenvalue weighted by Gasteiger charge is -2.14. The highest BCUT2D eigenvalue weighted by molar-refractivity contribution is 8.07. The van der Waals surface area contributed by atoms with Crippen molar-refractivity contribution in [2.75, 3.05) is 11.5 Å². The molecule has 0 amide bonds. The summed E-state index contributed by atoms with van der Waals surface area (Å²) in [5, 5.41) is 0.